The Balaban J connectivity index is 1.32. The van der Waals surface area contributed by atoms with Gasteiger partial charge in [0.2, 0.25) is 6.10 Å². The number of oxime groups is 1. The number of carboxylic acids is 2. The number of aliphatic carboxylic acids is 2. The van der Waals surface area contributed by atoms with Gasteiger partial charge in [0.1, 0.15) is 33.7 Å². The summed E-state index contributed by atoms with van der Waals surface area (Å²) in [5, 5.41) is 46.9. The zero-order valence-corrected chi connectivity index (χ0v) is 31.1. The zero-order chi connectivity index (χ0) is 38.1. The Morgan fingerprint density at radius 2 is 1.85 bits per heavy atom. The second-order valence-corrected chi connectivity index (χ2v) is 15.7. The Morgan fingerprint density at radius 3 is 2.46 bits per heavy atom. The summed E-state index contributed by atoms with van der Waals surface area (Å²) >= 11 is 20.3. The maximum atomic E-state index is 13.5. The third-order valence-corrected chi connectivity index (χ3v) is 11.9. The van der Waals surface area contributed by atoms with Gasteiger partial charge in [0.05, 0.1) is 41.8 Å². The number of carboxylic acid groups (broad SMARTS) is 2. The molecule has 4 heterocycles. The number of nitrogens with zero attached hydrogens (tertiary/aromatic N) is 4. The molecule has 0 spiro atoms. The van der Waals surface area contributed by atoms with Crippen LogP contribution in [0.1, 0.15) is 42.2 Å². The number of aromatic nitrogens is 1. The molecule has 280 valence electrons. The van der Waals surface area contributed by atoms with Gasteiger partial charge in [0, 0.05) is 11.3 Å². The number of phenolic OH excluding ortho intramolecular Hbond substituents is 2. The van der Waals surface area contributed by atoms with E-state index >= 15 is 0 Å². The number of quaternary nitrogens is 1. The summed E-state index contributed by atoms with van der Waals surface area (Å²) in [6.07, 6.45) is 1.25. The highest BCUT2D eigenvalue weighted by Crippen LogP contribution is 2.42. The van der Waals surface area contributed by atoms with Crippen molar-refractivity contribution in [3.05, 3.63) is 43.0 Å². The van der Waals surface area contributed by atoms with Crippen molar-refractivity contribution in [2.75, 3.05) is 44.2 Å². The SMILES string of the molecule is C[C@H](O/N=C(\C(=O)N[C@@H]1C(=O)N2C(C(=O)O)=C(C[N+]3(CCNC(=O)c4cc(Cl)c(O)c(O)c4Cl)CCCCC3)CS[C@H]12)c1nc(N)sc1Cl)C(=O)O. The molecule has 0 radical (unpaired) electrons. The number of nitrogens with one attached hydrogen (secondary N) is 2. The first-order valence-electron chi connectivity index (χ1n) is 15.7. The van der Waals surface area contributed by atoms with Crippen LogP contribution in [0.15, 0.2) is 22.5 Å². The van der Waals surface area contributed by atoms with Crippen molar-refractivity contribution in [3.8, 4) is 11.5 Å². The van der Waals surface area contributed by atoms with Gasteiger partial charge in [-0.1, -0.05) is 51.3 Å². The number of likely N-dealkylation sites (tertiary alicyclic amines) is 1. The van der Waals surface area contributed by atoms with Gasteiger partial charge >= 0.3 is 11.9 Å². The predicted molar refractivity (Wildman–Crippen MR) is 192 cm³/mol. The maximum absolute atomic E-state index is 13.5. The number of phenols is 2. The summed E-state index contributed by atoms with van der Waals surface area (Å²) in [7, 11) is 0. The van der Waals surface area contributed by atoms with E-state index in [9.17, 15) is 44.4 Å². The molecular weight excluding hydrogens is 789 g/mol. The Kier molecular flexibility index (Phi) is 12.0. The Morgan fingerprint density at radius 1 is 1.15 bits per heavy atom. The van der Waals surface area contributed by atoms with Gasteiger partial charge in [-0.25, -0.2) is 14.6 Å². The lowest BCUT2D eigenvalue weighted by molar-refractivity contribution is -0.927. The molecule has 22 heteroatoms. The minimum atomic E-state index is -1.44. The van der Waals surface area contributed by atoms with Crippen LogP contribution >= 0.6 is 57.9 Å². The number of carbonyl (C=O) groups excluding carboxylic acids is 3. The summed E-state index contributed by atoms with van der Waals surface area (Å²) in [4.78, 5) is 73.9. The van der Waals surface area contributed by atoms with E-state index in [2.05, 4.69) is 20.8 Å². The fourth-order valence-electron chi connectivity index (χ4n) is 6.17. The van der Waals surface area contributed by atoms with E-state index in [1.807, 2.05) is 0 Å². The highest BCUT2D eigenvalue weighted by molar-refractivity contribution is 8.00. The molecule has 5 rings (SSSR count). The number of hydrogen-bond donors (Lipinski definition) is 7. The molecule has 17 nitrogen and oxygen atoms in total. The molecule has 2 fully saturated rings. The summed E-state index contributed by atoms with van der Waals surface area (Å²) in [6, 6.07) is -0.0252. The van der Waals surface area contributed by atoms with Crippen LogP contribution in [0.3, 0.4) is 0 Å². The minimum absolute atomic E-state index is 0.00672. The molecule has 3 aliphatic rings. The van der Waals surface area contributed by atoms with Crippen molar-refractivity contribution in [2.45, 2.75) is 43.7 Å². The topological polar surface area (TPSA) is 254 Å². The number of thiazole rings is 1. The number of carbonyl (C=O) groups is 5. The maximum Gasteiger partial charge on any atom is 0.352 e. The summed E-state index contributed by atoms with van der Waals surface area (Å²) < 4.78 is 0.399. The van der Waals surface area contributed by atoms with E-state index in [1.54, 1.807) is 0 Å². The number of halogens is 3. The lowest BCUT2D eigenvalue weighted by atomic mass is 10.00. The first-order chi connectivity index (χ1) is 24.5. The van der Waals surface area contributed by atoms with Crippen molar-refractivity contribution in [1.82, 2.24) is 20.5 Å². The molecule has 8 N–H and O–H groups in total. The lowest BCUT2D eigenvalue weighted by Crippen LogP contribution is -2.71. The van der Waals surface area contributed by atoms with Gasteiger partial charge < -0.3 is 46.1 Å². The van der Waals surface area contributed by atoms with Gasteiger partial charge in [-0.3, -0.25) is 19.3 Å². The molecular formula is C30H33Cl3N7O10S2+. The third-order valence-electron chi connectivity index (χ3n) is 8.80. The van der Waals surface area contributed by atoms with E-state index in [0.717, 1.165) is 41.6 Å². The van der Waals surface area contributed by atoms with E-state index in [0.29, 0.717) is 29.7 Å². The van der Waals surface area contributed by atoms with Gasteiger partial charge in [0.25, 0.3) is 17.7 Å². The van der Waals surface area contributed by atoms with E-state index in [1.165, 1.54) is 18.7 Å². The van der Waals surface area contributed by atoms with Gasteiger partial charge in [-0.15, -0.1) is 11.8 Å². The monoisotopic (exact) mass is 820 g/mol. The van der Waals surface area contributed by atoms with Crippen LogP contribution in [0, 0.1) is 0 Å². The zero-order valence-electron chi connectivity index (χ0n) is 27.2. The fourth-order valence-corrected chi connectivity index (χ4v) is 8.86. The normalized spacial score (nSPS) is 20.4. The number of benzene rings is 1. The van der Waals surface area contributed by atoms with Crippen molar-refractivity contribution in [2.24, 2.45) is 5.16 Å². The predicted octanol–water partition coefficient (Wildman–Crippen LogP) is 2.46. The number of fused-ring (bicyclic) bond motifs is 1. The Hall–Kier alpha value is -4.01. The first-order valence-corrected chi connectivity index (χ1v) is 18.7. The van der Waals surface area contributed by atoms with Crippen LogP contribution in [-0.4, -0.2) is 126 Å². The number of β-lactam (4-membered cyclic amide) rings is 1. The van der Waals surface area contributed by atoms with Crippen LogP contribution in [-0.2, 0) is 24.0 Å². The lowest BCUT2D eigenvalue weighted by Gasteiger charge is -2.50. The van der Waals surface area contributed by atoms with Crippen LogP contribution in [0.25, 0.3) is 0 Å². The van der Waals surface area contributed by atoms with E-state index in [4.69, 9.17) is 45.4 Å². The highest BCUT2D eigenvalue weighted by Gasteiger charge is 2.55. The molecule has 2 saturated heterocycles. The Bertz CT molecular complexity index is 1890. The summed E-state index contributed by atoms with van der Waals surface area (Å²) in [5.74, 6) is -6.10. The van der Waals surface area contributed by atoms with Crippen LogP contribution < -0.4 is 16.4 Å². The number of nitrogen functional groups attached to an aromatic ring is 1. The molecule has 1 aromatic heterocycles. The van der Waals surface area contributed by atoms with Crippen molar-refractivity contribution < 1.29 is 53.7 Å². The molecule has 3 amide bonds. The van der Waals surface area contributed by atoms with Crippen molar-refractivity contribution in [3.63, 3.8) is 0 Å². The number of nitrogens with two attached hydrogens (primary N) is 1. The largest absolute Gasteiger partial charge is 0.503 e. The second-order valence-electron chi connectivity index (χ2n) is 12.2. The molecule has 0 aliphatic carbocycles. The molecule has 3 atom stereocenters. The number of thioether (sulfide) groups is 1. The highest BCUT2D eigenvalue weighted by atomic mass is 35.5. The number of aromatic hydroxyl groups is 2. The number of rotatable bonds is 13. The van der Waals surface area contributed by atoms with Gasteiger partial charge in [-0.05, 0) is 32.3 Å². The minimum Gasteiger partial charge on any atom is -0.503 e. The van der Waals surface area contributed by atoms with Crippen LogP contribution in [0.4, 0.5) is 5.13 Å². The third kappa shape index (κ3) is 7.98. The molecule has 0 saturated carbocycles. The van der Waals surface area contributed by atoms with Crippen molar-refractivity contribution >= 4 is 98.4 Å². The van der Waals surface area contributed by atoms with E-state index in [-0.39, 0.29) is 55.3 Å². The quantitative estimate of drug-likeness (QED) is 0.0505. The van der Waals surface area contributed by atoms with E-state index < -0.39 is 64.4 Å². The molecule has 0 unspecified atom stereocenters. The molecule has 3 aliphatic heterocycles. The van der Waals surface area contributed by atoms with Crippen molar-refractivity contribution in [1.29, 1.82) is 0 Å². The average molecular weight is 822 g/mol. The smallest absolute Gasteiger partial charge is 0.352 e. The average Bonchev–Trinajstić information content (AvgIpc) is 3.44. The standard InChI is InChI=1S/C30H32Cl3N7O10S2/c1-12(28(46)47)50-38-18(17-23(33)52-30(34)37-17)25(44)36-19-26(45)39-20(29(48)49)13(11-51-27(19)39)10-40(6-3-2-4-7-40)8-5-35-24(43)14-9-15(31)21(41)22(42)16(14)32/h9,12,19,27H,2-8,10-11H2,1H3,(H7-,34,35,36,37,38,41,42,43,44,46,47,48,49)/p+1/t12-,19+,27+/m0/s1. The van der Waals surface area contributed by atoms with Crippen LogP contribution in [0.2, 0.25) is 14.4 Å². The van der Waals surface area contributed by atoms with Crippen LogP contribution in [0.5, 0.6) is 11.5 Å². The number of anilines is 1. The second kappa shape index (κ2) is 15.9. The molecule has 52 heavy (non-hydrogen) atoms. The fraction of sp³-hybridized carbons (Fsp3) is 0.433. The van der Waals surface area contributed by atoms with Gasteiger partial charge in [-0.2, -0.15) is 0 Å². The first kappa shape index (κ1) is 39.2. The number of amides is 3. The Labute approximate surface area is 318 Å². The summed E-state index contributed by atoms with van der Waals surface area (Å²) in [6.45, 7) is 3.41. The number of hydrogen-bond acceptors (Lipinski definition) is 13. The summed E-state index contributed by atoms with van der Waals surface area (Å²) in [5.41, 5.74) is 5.21. The molecule has 1 aromatic carbocycles. The number of piperidine rings is 1. The molecule has 2 aromatic rings. The van der Waals surface area contributed by atoms with Gasteiger partial charge in [0.15, 0.2) is 22.3 Å². The molecule has 0 bridgehead atoms.